The molecule has 0 bridgehead atoms. The van der Waals surface area contributed by atoms with Crippen molar-refractivity contribution in [1.82, 2.24) is 9.80 Å². The summed E-state index contributed by atoms with van der Waals surface area (Å²) in [7, 11) is 1.70. The third kappa shape index (κ3) is 5.85. The molecule has 2 atom stereocenters. The first kappa shape index (κ1) is 23.6. The molecule has 0 N–H and O–H groups in total. The van der Waals surface area contributed by atoms with E-state index in [1.807, 2.05) is 23.1 Å². The lowest BCUT2D eigenvalue weighted by Crippen LogP contribution is -2.48. The Balaban J connectivity index is 1.41. The lowest BCUT2D eigenvalue weighted by Gasteiger charge is -2.38. The zero-order chi connectivity index (χ0) is 23.4. The summed E-state index contributed by atoms with van der Waals surface area (Å²) in [6, 6.07) is 15.2. The monoisotopic (exact) mass is 453 g/mol. The third-order valence-corrected chi connectivity index (χ3v) is 6.94. The van der Waals surface area contributed by atoms with E-state index in [1.165, 1.54) is 11.8 Å². The van der Waals surface area contributed by atoms with E-state index in [-0.39, 0.29) is 17.6 Å². The van der Waals surface area contributed by atoms with Crippen molar-refractivity contribution in [2.45, 2.75) is 26.2 Å². The van der Waals surface area contributed by atoms with E-state index in [1.54, 1.807) is 19.2 Å². The summed E-state index contributed by atoms with van der Waals surface area (Å²) in [5, 5.41) is 0. The van der Waals surface area contributed by atoms with Crippen LogP contribution in [-0.2, 0) is 4.79 Å². The highest BCUT2D eigenvalue weighted by Gasteiger charge is 2.37. The Morgan fingerprint density at radius 3 is 2.52 bits per heavy atom. The first-order valence-electron chi connectivity index (χ1n) is 12.1. The van der Waals surface area contributed by atoms with Gasteiger partial charge in [-0.3, -0.25) is 9.69 Å². The molecule has 33 heavy (non-hydrogen) atoms. The lowest BCUT2D eigenvalue weighted by atomic mass is 9.88. The molecular formula is C27H36FN3O2. The molecule has 2 aromatic carbocycles. The Morgan fingerprint density at radius 2 is 1.82 bits per heavy atom. The van der Waals surface area contributed by atoms with Gasteiger partial charge in [0.2, 0.25) is 5.91 Å². The highest BCUT2D eigenvalue weighted by Crippen LogP contribution is 2.34. The van der Waals surface area contributed by atoms with Crippen molar-refractivity contribution < 1.29 is 13.9 Å². The number of carbonyl (C=O) groups excluding carboxylic acids is 1. The molecule has 0 radical (unpaired) electrons. The van der Waals surface area contributed by atoms with Crippen molar-refractivity contribution in [3.63, 3.8) is 0 Å². The lowest BCUT2D eigenvalue weighted by molar-refractivity contribution is -0.131. The van der Waals surface area contributed by atoms with E-state index in [0.29, 0.717) is 24.8 Å². The number of amides is 1. The molecule has 0 saturated carbocycles. The van der Waals surface area contributed by atoms with Gasteiger partial charge in [0.25, 0.3) is 0 Å². The van der Waals surface area contributed by atoms with Gasteiger partial charge in [0.1, 0.15) is 11.6 Å². The Morgan fingerprint density at radius 1 is 1.06 bits per heavy atom. The number of nitrogens with zero attached hydrogens (tertiary/aromatic N) is 3. The predicted molar refractivity (Wildman–Crippen MR) is 130 cm³/mol. The van der Waals surface area contributed by atoms with Gasteiger partial charge in [0.05, 0.1) is 7.11 Å². The Kier molecular flexibility index (Phi) is 7.53. The Labute approximate surface area is 197 Å². The second-order valence-electron chi connectivity index (χ2n) is 9.81. The number of anilines is 1. The minimum atomic E-state index is -0.204. The largest absolute Gasteiger partial charge is 0.497 e. The van der Waals surface area contributed by atoms with E-state index < -0.39 is 0 Å². The van der Waals surface area contributed by atoms with Crippen LogP contribution in [0.3, 0.4) is 0 Å². The zero-order valence-corrected chi connectivity index (χ0v) is 20.0. The van der Waals surface area contributed by atoms with Crippen molar-refractivity contribution in [3.8, 4) is 5.75 Å². The molecular weight excluding hydrogens is 417 g/mol. The van der Waals surface area contributed by atoms with Crippen LogP contribution in [-0.4, -0.2) is 68.6 Å². The van der Waals surface area contributed by atoms with Gasteiger partial charge in [-0.25, -0.2) is 4.39 Å². The van der Waals surface area contributed by atoms with Crippen molar-refractivity contribution >= 4 is 11.6 Å². The number of ether oxygens (including phenoxy) is 1. The number of hydrogen-bond donors (Lipinski definition) is 0. The number of rotatable bonds is 7. The summed E-state index contributed by atoms with van der Waals surface area (Å²) in [4.78, 5) is 19.7. The van der Waals surface area contributed by atoms with Gasteiger partial charge in [-0.2, -0.15) is 0 Å². The third-order valence-electron chi connectivity index (χ3n) is 6.94. The molecule has 1 amide bonds. The van der Waals surface area contributed by atoms with Crippen molar-refractivity contribution in [3.05, 3.63) is 59.9 Å². The summed E-state index contributed by atoms with van der Waals surface area (Å²) in [6.07, 6.45) is 0.571. The second kappa shape index (κ2) is 10.6. The van der Waals surface area contributed by atoms with Crippen LogP contribution in [0.25, 0.3) is 0 Å². The van der Waals surface area contributed by atoms with Gasteiger partial charge in [-0.1, -0.05) is 32.0 Å². The van der Waals surface area contributed by atoms with E-state index in [0.717, 1.165) is 50.6 Å². The van der Waals surface area contributed by atoms with Crippen LogP contribution in [0, 0.1) is 17.7 Å². The molecule has 2 aliphatic heterocycles. The molecule has 4 rings (SSSR count). The Bertz CT molecular complexity index is 942. The van der Waals surface area contributed by atoms with Crippen molar-refractivity contribution in [2.24, 2.45) is 11.8 Å². The molecule has 0 spiro atoms. The fourth-order valence-corrected chi connectivity index (χ4v) is 5.18. The van der Waals surface area contributed by atoms with Crippen LogP contribution in [0.1, 0.15) is 31.7 Å². The molecule has 0 aromatic heterocycles. The van der Waals surface area contributed by atoms with Crippen molar-refractivity contribution in [2.75, 3.05) is 57.8 Å². The number of likely N-dealkylation sites (tertiary alicyclic amines) is 1. The molecule has 6 heteroatoms. The molecule has 2 unspecified atom stereocenters. The fourth-order valence-electron chi connectivity index (χ4n) is 5.18. The van der Waals surface area contributed by atoms with Gasteiger partial charge in [-0.05, 0) is 41.7 Å². The summed E-state index contributed by atoms with van der Waals surface area (Å²) >= 11 is 0. The first-order chi connectivity index (χ1) is 15.9. The quantitative estimate of drug-likeness (QED) is 0.628. The van der Waals surface area contributed by atoms with E-state index in [4.69, 9.17) is 4.74 Å². The van der Waals surface area contributed by atoms with Crippen LogP contribution >= 0.6 is 0 Å². The van der Waals surface area contributed by atoms with Crippen LogP contribution in [0.5, 0.6) is 5.75 Å². The molecule has 2 heterocycles. The first-order valence-corrected chi connectivity index (χ1v) is 12.1. The van der Waals surface area contributed by atoms with E-state index >= 15 is 0 Å². The SMILES string of the molecule is COc1cccc(N2CCN(CC3CN(C(=O)CC(C)C)CC3c3cccc(F)c3)CC2)c1. The number of benzene rings is 2. The standard InChI is InChI=1S/C27H36FN3O2/c1-20(2)14-27(32)31-18-22(26(19-31)21-6-4-7-23(28)15-21)17-29-10-12-30(13-11-29)24-8-5-9-25(16-24)33-3/h4-9,15-16,20,22,26H,10-14,17-19H2,1-3H3. The van der Waals surface area contributed by atoms with E-state index in [2.05, 4.69) is 35.8 Å². The van der Waals surface area contributed by atoms with Gasteiger partial charge in [0.15, 0.2) is 0 Å². The average Bonchev–Trinajstić information content (AvgIpc) is 3.23. The normalized spacial score (nSPS) is 21.6. The average molecular weight is 454 g/mol. The number of carbonyl (C=O) groups is 1. The molecule has 2 aliphatic rings. The minimum absolute atomic E-state index is 0.174. The van der Waals surface area contributed by atoms with Gasteiger partial charge >= 0.3 is 0 Å². The number of hydrogen-bond acceptors (Lipinski definition) is 4. The minimum Gasteiger partial charge on any atom is -0.497 e. The topological polar surface area (TPSA) is 36.0 Å². The van der Waals surface area contributed by atoms with Crippen molar-refractivity contribution in [1.29, 1.82) is 0 Å². The molecule has 2 aromatic rings. The molecule has 5 nitrogen and oxygen atoms in total. The summed E-state index contributed by atoms with van der Waals surface area (Å²) in [5.74, 6) is 1.72. The molecule has 2 fully saturated rings. The van der Waals surface area contributed by atoms with Crippen LogP contribution in [0.15, 0.2) is 48.5 Å². The fraction of sp³-hybridized carbons (Fsp3) is 0.519. The molecule has 0 aliphatic carbocycles. The number of piperazine rings is 1. The van der Waals surface area contributed by atoms with Crippen LogP contribution < -0.4 is 9.64 Å². The van der Waals surface area contributed by atoms with E-state index in [9.17, 15) is 9.18 Å². The smallest absolute Gasteiger partial charge is 0.222 e. The summed E-state index contributed by atoms with van der Waals surface area (Å²) < 4.78 is 19.4. The Hall–Kier alpha value is -2.60. The summed E-state index contributed by atoms with van der Waals surface area (Å²) in [6.45, 7) is 10.4. The number of halogens is 1. The second-order valence-corrected chi connectivity index (χ2v) is 9.81. The maximum absolute atomic E-state index is 14.0. The highest BCUT2D eigenvalue weighted by molar-refractivity contribution is 5.76. The van der Waals surface area contributed by atoms with Gasteiger partial charge < -0.3 is 14.5 Å². The van der Waals surface area contributed by atoms with Crippen LogP contribution in [0.4, 0.5) is 10.1 Å². The maximum atomic E-state index is 14.0. The predicted octanol–water partition coefficient (Wildman–Crippen LogP) is 4.24. The maximum Gasteiger partial charge on any atom is 0.222 e. The van der Waals surface area contributed by atoms with Crippen LogP contribution in [0.2, 0.25) is 0 Å². The summed E-state index contributed by atoms with van der Waals surface area (Å²) in [5.41, 5.74) is 2.20. The highest BCUT2D eigenvalue weighted by atomic mass is 19.1. The molecule has 178 valence electrons. The van der Waals surface area contributed by atoms with Gasteiger partial charge in [-0.15, -0.1) is 0 Å². The molecule has 2 saturated heterocycles. The van der Waals surface area contributed by atoms with Gasteiger partial charge in [0, 0.05) is 69.9 Å². The number of methoxy groups -OCH3 is 1. The zero-order valence-electron chi connectivity index (χ0n) is 20.0.